The lowest BCUT2D eigenvalue weighted by atomic mass is 9.99. The summed E-state index contributed by atoms with van der Waals surface area (Å²) < 4.78 is 11.4. The predicted octanol–water partition coefficient (Wildman–Crippen LogP) is 3.00. The second-order valence-corrected chi connectivity index (χ2v) is 8.34. The van der Waals surface area contributed by atoms with Gasteiger partial charge in [-0.3, -0.25) is 9.69 Å². The Morgan fingerprint density at radius 1 is 1.00 bits per heavy atom. The number of hydrogen-bond acceptors (Lipinski definition) is 4. The molecule has 0 radical (unpaired) electrons. The quantitative estimate of drug-likeness (QED) is 0.805. The molecule has 1 saturated heterocycles. The molecular weight excluding hydrogens is 364 g/mol. The van der Waals surface area contributed by atoms with Crippen molar-refractivity contribution in [2.45, 2.75) is 32.5 Å². The molecule has 3 heterocycles. The van der Waals surface area contributed by atoms with Crippen LogP contribution in [0.15, 0.2) is 42.5 Å². The van der Waals surface area contributed by atoms with Crippen molar-refractivity contribution >= 4 is 5.91 Å². The van der Waals surface area contributed by atoms with Gasteiger partial charge in [0.2, 0.25) is 5.91 Å². The van der Waals surface area contributed by atoms with Crippen LogP contribution in [0.1, 0.15) is 28.7 Å². The molecule has 0 aromatic heterocycles. The summed E-state index contributed by atoms with van der Waals surface area (Å²) in [7, 11) is 0. The topological polar surface area (TPSA) is 42.0 Å². The van der Waals surface area contributed by atoms with Crippen molar-refractivity contribution < 1.29 is 14.3 Å². The molecule has 2 aromatic carbocycles. The lowest BCUT2D eigenvalue weighted by molar-refractivity contribution is -0.136. The van der Waals surface area contributed by atoms with E-state index in [0.717, 1.165) is 43.8 Å². The molecule has 5 heteroatoms. The number of benzene rings is 2. The van der Waals surface area contributed by atoms with Crippen molar-refractivity contribution in [1.82, 2.24) is 9.80 Å². The van der Waals surface area contributed by atoms with E-state index in [0.29, 0.717) is 32.9 Å². The van der Waals surface area contributed by atoms with Gasteiger partial charge in [-0.05, 0) is 41.7 Å². The molecular formula is C24H28N2O3. The molecule has 152 valence electrons. The molecule has 29 heavy (non-hydrogen) atoms. The van der Waals surface area contributed by atoms with Crippen LogP contribution in [0.25, 0.3) is 0 Å². The summed E-state index contributed by atoms with van der Waals surface area (Å²) in [6.07, 6.45) is 1.94. The lowest BCUT2D eigenvalue weighted by Crippen LogP contribution is -2.37. The van der Waals surface area contributed by atoms with Crippen LogP contribution < -0.4 is 4.74 Å². The van der Waals surface area contributed by atoms with Crippen LogP contribution in [-0.4, -0.2) is 48.6 Å². The number of ether oxygens (including phenoxy) is 2. The fourth-order valence-electron chi connectivity index (χ4n) is 4.67. The van der Waals surface area contributed by atoms with Crippen molar-refractivity contribution in [3.8, 4) is 5.75 Å². The van der Waals surface area contributed by atoms with Crippen molar-refractivity contribution in [1.29, 1.82) is 0 Å². The zero-order chi connectivity index (χ0) is 19.6. The summed E-state index contributed by atoms with van der Waals surface area (Å²) in [5, 5.41) is 0. The van der Waals surface area contributed by atoms with Crippen molar-refractivity contribution in [3.05, 3.63) is 64.7 Å². The van der Waals surface area contributed by atoms with Gasteiger partial charge >= 0.3 is 0 Å². The Balaban J connectivity index is 1.29. The van der Waals surface area contributed by atoms with E-state index >= 15 is 0 Å². The molecule has 2 aromatic rings. The highest BCUT2D eigenvalue weighted by atomic mass is 16.5. The maximum Gasteiger partial charge on any atom is 0.228 e. The van der Waals surface area contributed by atoms with Gasteiger partial charge in [0.25, 0.3) is 0 Å². The van der Waals surface area contributed by atoms with Gasteiger partial charge in [-0.1, -0.05) is 30.3 Å². The van der Waals surface area contributed by atoms with Crippen LogP contribution in [0, 0.1) is 5.92 Å². The molecule has 1 atom stereocenters. The highest BCUT2D eigenvalue weighted by Crippen LogP contribution is 2.28. The van der Waals surface area contributed by atoms with Gasteiger partial charge in [0.15, 0.2) is 0 Å². The van der Waals surface area contributed by atoms with Crippen LogP contribution >= 0.6 is 0 Å². The van der Waals surface area contributed by atoms with Crippen LogP contribution in [0.5, 0.6) is 5.75 Å². The summed E-state index contributed by atoms with van der Waals surface area (Å²) in [5.74, 6) is 1.13. The zero-order valence-electron chi connectivity index (χ0n) is 16.8. The van der Waals surface area contributed by atoms with E-state index in [4.69, 9.17) is 9.47 Å². The molecule has 3 aliphatic rings. The molecule has 0 aliphatic carbocycles. The number of carbonyl (C=O) groups is 1. The monoisotopic (exact) mass is 392 g/mol. The first-order valence-corrected chi connectivity index (χ1v) is 10.7. The summed E-state index contributed by atoms with van der Waals surface area (Å²) >= 11 is 0. The molecule has 1 fully saturated rings. The Morgan fingerprint density at radius 2 is 1.90 bits per heavy atom. The fraction of sp³-hybridized carbons (Fsp3) is 0.458. The van der Waals surface area contributed by atoms with Gasteiger partial charge in [0.1, 0.15) is 12.4 Å². The highest BCUT2D eigenvalue weighted by molar-refractivity contribution is 5.79. The second kappa shape index (κ2) is 8.17. The first kappa shape index (κ1) is 18.6. The van der Waals surface area contributed by atoms with Crippen molar-refractivity contribution in [2.75, 3.05) is 32.9 Å². The third-order valence-electron chi connectivity index (χ3n) is 6.31. The largest absolute Gasteiger partial charge is 0.491 e. The Morgan fingerprint density at radius 3 is 2.76 bits per heavy atom. The van der Waals surface area contributed by atoms with E-state index in [9.17, 15) is 4.79 Å². The zero-order valence-corrected chi connectivity index (χ0v) is 16.8. The minimum atomic E-state index is 0.00755. The number of nitrogens with zero attached hydrogens (tertiary/aromatic N) is 2. The molecule has 0 N–H and O–H groups in total. The highest BCUT2D eigenvalue weighted by Gasteiger charge is 2.29. The average molecular weight is 392 g/mol. The smallest absolute Gasteiger partial charge is 0.228 e. The SMILES string of the molecule is O=C(C1CCOC1)N1CCOc2ccc(CN3CCc4ccccc4C3)cc2C1. The van der Waals surface area contributed by atoms with Crippen molar-refractivity contribution in [3.63, 3.8) is 0 Å². The maximum absolute atomic E-state index is 12.9. The van der Waals surface area contributed by atoms with Gasteiger partial charge in [-0.2, -0.15) is 0 Å². The Bertz CT molecular complexity index is 891. The summed E-state index contributed by atoms with van der Waals surface area (Å²) in [6, 6.07) is 15.2. The fourth-order valence-corrected chi connectivity index (χ4v) is 4.67. The van der Waals surface area contributed by atoms with Crippen LogP contribution in [0.4, 0.5) is 0 Å². The number of carbonyl (C=O) groups excluding carboxylic acids is 1. The molecule has 1 amide bonds. The van der Waals surface area contributed by atoms with E-state index in [1.807, 2.05) is 4.90 Å². The number of hydrogen-bond donors (Lipinski definition) is 0. The minimum absolute atomic E-state index is 0.00755. The molecule has 0 spiro atoms. The molecule has 0 saturated carbocycles. The van der Waals surface area contributed by atoms with Gasteiger partial charge in [-0.15, -0.1) is 0 Å². The molecule has 3 aliphatic heterocycles. The average Bonchev–Trinajstić information content (AvgIpc) is 3.20. The summed E-state index contributed by atoms with van der Waals surface area (Å²) in [5.41, 5.74) is 5.31. The van der Waals surface area contributed by atoms with Gasteiger partial charge in [0, 0.05) is 38.3 Å². The van der Waals surface area contributed by atoms with E-state index in [-0.39, 0.29) is 11.8 Å². The second-order valence-electron chi connectivity index (χ2n) is 8.34. The Kier molecular flexibility index (Phi) is 5.25. The van der Waals surface area contributed by atoms with Crippen LogP contribution in [0.2, 0.25) is 0 Å². The van der Waals surface area contributed by atoms with Gasteiger partial charge in [0.05, 0.1) is 19.1 Å². The third-order valence-corrected chi connectivity index (χ3v) is 6.31. The standard InChI is InChI=1S/C24H28N2O3/c27-24(21-8-11-28-17-21)26-10-12-29-23-6-5-18(13-22(23)16-26)14-25-9-7-19-3-1-2-4-20(19)15-25/h1-6,13,21H,7-12,14-17H2. The number of rotatable bonds is 3. The summed E-state index contributed by atoms with van der Waals surface area (Å²) in [4.78, 5) is 17.3. The molecule has 0 bridgehead atoms. The number of fused-ring (bicyclic) bond motifs is 2. The van der Waals surface area contributed by atoms with Gasteiger partial charge in [-0.25, -0.2) is 0 Å². The van der Waals surface area contributed by atoms with E-state index in [1.54, 1.807) is 0 Å². The first-order chi connectivity index (χ1) is 14.3. The van der Waals surface area contributed by atoms with Crippen LogP contribution in [0.3, 0.4) is 0 Å². The predicted molar refractivity (Wildman–Crippen MR) is 111 cm³/mol. The summed E-state index contributed by atoms with van der Waals surface area (Å²) in [6.45, 7) is 6.07. The Hall–Kier alpha value is -2.37. The van der Waals surface area contributed by atoms with E-state index in [2.05, 4.69) is 47.4 Å². The molecule has 1 unspecified atom stereocenters. The Labute approximate surface area is 172 Å². The maximum atomic E-state index is 12.9. The number of amides is 1. The molecule has 5 nitrogen and oxygen atoms in total. The normalized spacial score (nSPS) is 21.8. The minimum Gasteiger partial charge on any atom is -0.491 e. The van der Waals surface area contributed by atoms with E-state index < -0.39 is 0 Å². The third kappa shape index (κ3) is 4.02. The lowest BCUT2D eigenvalue weighted by Gasteiger charge is -2.29. The molecule has 5 rings (SSSR count). The van der Waals surface area contributed by atoms with E-state index in [1.165, 1.54) is 16.7 Å². The van der Waals surface area contributed by atoms with Gasteiger partial charge < -0.3 is 14.4 Å². The first-order valence-electron chi connectivity index (χ1n) is 10.7. The van der Waals surface area contributed by atoms with Crippen molar-refractivity contribution in [2.24, 2.45) is 5.92 Å². The van der Waals surface area contributed by atoms with Crippen LogP contribution in [-0.2, 0) is 35.6 Å².